The van der Waals surface area contributed by atoms with Crippen LogP contribution in [-0.4, -0.2) is 89.6 Å². The molecule has 1 fully saturated rings. The molecule has 4 N–H and O–H groups in total. The number of allylic oxidation sites excluding steroid dienone is 20. The van der Waals surface area contributed by atoms with Crippen LogP contribution in [0.1, 0.15) is 181 Å². The Morgan fingerprint density at radius 3 is 1.28 bits per heavy atom. The van der Waals surface area contributed by atoms with E-state index in [0.29, 0.717) is 13.0 Å². The van der Waals surface area contributed by atoms with Crippen LogP contribution in [0.5, 0.6) is 0 Å². The molecule has 0 bridgehead atoms. The number of hydrogen-bond acceptors (Lipinski definition) is 9. The van der Waals surface area contributed by atoms with Gasteiger partial charge in [0.2, 0.25) is 0 Å². The molecule has 1 rings (SSSR count). The van der Waals surface area contributed by atoms with Crippen molar-refractivity contribution in [2.24, 2.45) is 0 Å². The lowest BCUT2D eigenvalue weighted by atomic mass is 9.99. The first kappa shape index (κ1) is 62.6. The first-order valence-corrected chi connectivity index (χ1v) is 26.6. The molecule has 0 aromatic carbocycles. The van der Waals surface area contributed by atoms with Gasteiger partial charge in [-0.25, -0.2) is 0 Å². The quantitative estimate of drug-likeness (QED) is 0.0267. The van der Waals surface area contributed by atoms with Crippen LogP contribution in [0.4, 0.5) is 0 Å². The van der Waals surface area contributed by atoms with Crippen LogP contribution in [0.3, 0.4) is 0 Å². The van der Waals surface area contributed by atoms with E-state index in [9.17, 15) is 25.2 Å². The molecule has 1 aliphatic rings. The molecule has 9 nitrogen and oxygen atoms in total. The summed E-state index contributed by atoms with van der Waals surface area (Å²) in [6.07, 6.45) is 63.7. The maximum absolute atomic E-state index is 12.9. The summed E-state index contributed by atoms with van der Waals surface area (Å²) in [4.78, 5) is 12.9. The van der Waals surface area contributed by atoms with Gasteiger partial charge in [0.25, 0.3) is 0 Å². The normalized spacial score (nSPS) is 20.1. The lowest BCUT2D eigenvalue weighted by Crippen LogP contribution is -2.59. The second kappa shape index (κ2) is 48.6. The molecule has 0 radical (unpaired) electrons. The van der Waals surface area contributed by atoms with E-state index in [1.54, 1.807) is 0 Å². The summed E-state index contributed by atoms with van der Waals surface area (Å²) in [7, 11) is 0. The Balaban J connectivity index is 2.24. The zero-order chi connectivity index (χ0) is 49.2. The highest BCUT2D eigenvalue weighted by atomic mass is 16.7. The van der Waals surface area contributed by atoms with Crippen LogP contribution < -0.4 is 0 Å². The molecular weight excluding hydrogens is 853 g/mol. The van der Waals surface area contributed by atoms with E-state index in [0.717, 1.165) is 135 Å². The highest BCUT2D eigenvalue weighted by Gasteiger charge is 2.44. The number of esters is 1. The van der Waals surface area contributed by atoms with E-state index < -0.39 is 43.4 Å². The van der Waals surface area contributed by atoms with Gasteiger partial charge in [0.15, 0.2) is 6.29 Å². The predicted molar refractivity (Wildman–Crippen MR) is 283 cm³/mol. The van der Waals surface area contributed by atoms with Gasteiger partial charge in [-0.1, -0.05) is 193 Å². The number of aliphatic hydroxyl groups excluding tert-OH is 4. The molecular formula is C59H96O9. The summed E-state index contributed by atoms with van der Waals surface area (Å²) < 4.78 is 22.9. The van der Waals surface area contributed by atoms with Gasteiger partial charge in [-0.3, -0.25) is 4.79 Å². The summed E-state index contributed by atoms with van der Waals surface area (Å²) in [5.74, 6) is -0.334. The van der Waals surface area contributed by atoms with Crippen LogP contribution in [0.2, 0.25) is 0 Å². The lowest BCUT2D eigenvalue weighted by molar-refractivity contribution is -0.305. The number of carbonyl (C=O) groups excluding carboxylic acids is 1. The summed E-state index contributed by atoms with van der Waals surface area (Å²) in [6.45, 7) is 4.26. The van der Waals surface area contributed by atoms with Crippen molar-refractivity contribution in [3.05, 3.63) is 122 Å². The Hall–Kier alpha value is -3.41. The Kier molecular flexibility index (Phi) is 44.8. The Bertz CT molecular complexity index is 1450. The molecule has 6 unspecified atom stereocenters. The molecule has 1 aliphatic heterocycles. The maximum atomic E-state index is 12.9. The summed E-state index contributed by atoms with van der Waals surface area (Å²) >= 11 is 0. The van der Waals surface area contributed by atoms with Crippen molar-refractivity contribution in [3.63, 3.8) is 0 Å². The first-order chi connectivity index (χ1) is 33.4. The van der Waals surface area contributed by atoms with E-state index >= 15 is 0 Å². The Morgan fingerprint density at radius 1 is 0.471 bits per heavy atom. The van der Waals surface area contributed by atoms with Gasteiger partial charge < -0.3 is 39.4 Å². The van der Waals surface area contributed by atoms with Crippen molar-refractivity contribution in [3.8, 4) is 0 Å². The molecule has 0 aromatic rings. The van der Waals surface area contributed by atoms with E-state index in [1.807, 2.05) is 0 Å². The lowest BCUT2D eigenvalue weighted by Gasteiger charge is -2.39. The molecule has 0 spiro atoms. The molecule has 0 aromatic heterocycles. The van der Waals surface area contributed by atoms with Crippen molar-refractivity contribution in [1.82, 2.24) is 0 Å². The number of carbonyl (C=O) groups is 1. The SMILES string of the molecule is CC/C=C\C/C=C\C/C=C\C/C=C\C/C=C\C/C=C\CCCCCCCOCC(COC1OC(CO)C(O)C(O)C1O)OC(=O)CCCCCCCCCC/C=C\C/C=C\C/C=C\C/C=C\CC. The van der Waals surface area contributed by atoms with Gasteiger partial charge in [0.1, 0.15) is 30.5 Å². The number of aliphatic hydroxyl groups is 4. The van der Waals surface area contributed by atoms with Gasteiger partial charge >= 0.3 is 5.97 Å². The third-order valence-electron chi connectivity index (χ3n) is 11.4. The van der Waals surface area contributed by atoms with Crippen LogP contribution in [-0.2, 0) is 23.7 Å². The van der Waals surface area contributed by atoms with Crippen LogP contribution in [0.25, 0.3) is 0 Å². The van der Waals surface area contributed by atoms with E-state index in [-0.39, 0.29) is 19.2 Å². The smallest absolute Gasteiger partial charge is 0.306 e. The number of unbranched alkanes of at least 4 members (excludes halogenated alkanes) is 13. The number of ether oxygens (including phenoxy) is 4. The van der Waals surface area contributed by atoms with E-state index in [4.69, 9.17) is 18.9 Å². The van der Waals surface area contributed by atoms with Crippen LogP contribution >= 0.6 is 0 Å². The van der Waals surface area contributed by atoms with Gasteiger partial charge in [-0.15, -0.1) is 0 Å². The standard InChI is InChI=1S/C59H96O9/c1-3-5-7-9-11-13-15-17-19-21-23-25-26-27-29-31-33-35-37-39-41-43-45-47-49-65-51-53(52-66-59-58(64)57(63)56(62)54(50-60)68-59)67-55(61)48-46-44-42-40-38-36-34-32-30-28-24-22-20-18-16-14-12-10-8-6-4-2/h5-8,11-14,17-20,23-25,27-29,33,35,53-54,56-60,62-64H,3-4,9-10,15-16,21-22,26,30-32,34,36-52H2,1-2H3/b7-5-,8-6-,13-11-,14-12-,19-17-,20-18-,25-23-,28-24-,29-27-,35-33-. The Morgan fingerprint density at radius 2 is 0.853 bits per heavy atom. The highest BCUT2D eigenvalue weighted by Crippen LogP contribution is 2.22. The minimum atomic E-state index is -1.55. The summed E-state index contributed by atoms with van der Waals surface area (Å²) in [5, 5.41) is 40.3. The third kappa shape index (κ3) is 38.4. The fraction of sp³-hybridized carbons (Fsp3) is 0.644. The average Bonchev–Trinajstić information content (AvgIpc) is 3.34. The van der Waals surface area contributed by atoms with Crippen molar-refractivity contribution in [1.29, 1.82) is 0 Å². The molecule has 0 amide bonds. The summed E-state index contributed by atoms with van der Waals surface area (Å²) in [6, 6.07) is 0. The molecule has 1 heterocycles. The van der Waals surface area contributed by atoms with E-state index in [2.05, 4.69) is 135 Å². The minimum absolute atomic E-state index is 0.119. The molecule has 1 saturated heterocycles. The largest absolute Gasteiger partial charge is 0.457 e. The van der Waals surface area contributed by atoms with Crippen molar-refractivity contribution < 1.29 is 44.2 Å². The molecule has 6 atom stereocenters. The third-order valence-corrected chi connectivity index (χ3v) is 11.4. The van der Waals surface area contributed by atoms with Crippen molar-refractivity contribution in [2.45, 2.75) is 218 Å². The van der Waals surface area contributed by atoms with Crippen LogP contribution in [0, 0.1) is 0 Å². The number of rotatable bonds is 44. The van der Waals surface area contributed by atoms with Gasteiger partial charge in [-0.05, 0) is 103 Å². The summed E-state index contributed by atoms with van der Waals surface area (Å²) in [5.41, 5.74) is 0. The van der Waals surface area contributed by atoms with Crippen LogP contribution in [0.15, 0.2) is 122 Å². The molecule has 9 heteroatoms. The monoisotopic (exact) mass is 949 g/mol. The van der Waals surface area contributed by atoms with Gasteiger partial charge in [0.05, 0.1) is 19.8 Å². The predicted octanol–water partition coefficient (Wildman–Crippen LogP) is 13.5. The van der Waals surface area contributed by atoms with Crippen molar-refractivity contribution >= 4 is 5.97 Å². The number of hydrogen-bond donors (Lipinski definition) is 4. The van der Waals surface area contributed by atoms with E-state index in [1.165, 1.54) is 25.7 Å². The molecule has 0 saturated carbocycles. The molecule has 0 aliphatic carbocycles. The second-order valence-corrected chi connectivity index (χ2v) is 17.6. The second-order valence-electron chi connectivity index (χ2n) is 17.6. The zero-order valence-corrected chi connectivity index (χ0v) is 42.6. The topological polar surface area (TPSA) is 135 Å². The van der Waals surface area contributed by atoms with Gasteiger partial charge in [0, 0.05) is 13.0 Å². The highest BCUT2D eigenvalue weighted by molar-refractivity contribution is 5.69. The molecule has 386 valence electrons. The fourth-order valence-corrected chi connectivity index (χ4v) is 7.31. The first-order valence-electron chi connectivity index (χ1n) is 26.6. The average molecular weight is 949 g/mol. The van der Waals surface area contributed by atoms with Gasteiger partial charge in [-0.2, -0.15) is 0 Å². The maximum Gasteiger partial charge on any atom is 0.306 e. The minimum Gasteiger partial charge on any atom is -0.457 e. The Labute approximate surface area is 414 Å². The zero-order valence-electron chi connectivity index (χ0n) is 42.6. The fourth-order valence-electron chi connectivity index (χ4n) is 7.31. The molecule has 68 heavy (non-hydrogen) atoms. The van der Waals surface area contributed by atoms with Crippen molar-refractivity contribution in [2.75, 3.05) is 26.4 Å².